The summed E-state index contributed by atoms with van der Waals surface area (Å²) in [5.41, 5.74) is 8.75. The van der Waals surface area contributed by atoms with Crippen molar-refractivity contribution in [1.82, 2.24) is 19.1 Å². The molecule has 4 aromatic rings. The third kappa shape index (κ3) is 5.21. The van der Waals surface area contributed by atoms with Gasteiger partial charge in [-0.2, -0.15) is 0 Å². The van der Waals surface area contributed by atoms with Crippen LogP contribution in [0.4, 0.5) is 11.5 Å². The fraction of sp³-hybridized carbons (Fsp3) is 0.387. The van der Waals surface area contributed by atoms with E-state index in [-0.39, 0.29) is 22.9 Å². The summed E-state index contributed by atoms with van der Waals surface area (Å²) in [7, 11) is 0. The van der Waals surface area contributed by atoms with E-state index < -0.39 is 11.5 Å². The summed E-state index contributed by atoms with van der Waals surface area (Å²) in [6.45, 7) is 4.82. The highest BCUT2D eigenvalue weighted by Gasteiger charge is 2.29. The van der Waals surface area contributed by atoms with Gasteiger partial charge in [-0.25, -0.2) is 9.97 Å². The first-order valence-electron chi connectivity index (χ1n) is 14.2. The quantitative estimate of drug-likeness (QED) is 0.317. The van der Waals surface area contributed by atoms with Crippen LogP contribution in [0.3, 0.4) is 0 Å². The van der Waals surface area contributed by atoms with E-state index in [0.29, 0.717) is 80.0 Å². The number of carbonyl (C=O) groups is 2. The van der Waals surface area contributed by atoms with Crippen LogP contribution in [0.5, 0.6) is 0 Å². The number of fused-ring (bicyclic) bond motifs is 2. The first-order valence-corrected chi connectivity index (χ1v) is 14.2. The van der Waals surface area contributed by atoms with Gasteiger partial charge in [0.2, 0.25) is 0 Å². The van der Waals surface area contributed by atoms with E-state index in [1.54, 1.807) is 30.5 Å². The van der Waals surface area contributed by atoms with Crippen molar-refractivity contribution < 1.29 is 19.4 Å². The molecule has 1 fully saturated rings. The van der Waals surface area contributed by atoms with Crippen LogP contribution in [-0.4, -0.2) is 54.7 Å². The van der Waals surface area contributed by atoms with Gasteiger partial charge in [-0.1, -0.05) is 12.1 Å². The lowest BCUT2D eigenvalue weighted by Crippen LogP contribution is -2.38. The number of ketones is 1. The zero-order valence-electron chi connectivity index (χ0n) is 23.7. The maximum absolute atomic E-state index is 13.7. The molecule has 0 spiro atoms. The van der Waals surface area contributed by atoms with Crippen molar-refractivity contribution in [2.75, 3.05) is 24.3 Å². The highest BCUT2D eigenvalue weighted by molar-refractivity contribution is 6.07. The number of pyridine rings is 1. The molecular formula is C31H34N6O5. The Hall–Kier alpha value is -4.35. The van der Waals surface area contributed by atoms with Crippen LogP contribution in [0.25, 0.3) is 22.2 Å². The molecule has 218 valence electrons. The minimum Gasteiger partial charge on any atom is -0.389 e. The standard InChI is InChI=1S/C31H34N6O5/c1-31(2,41)16-36-15-23(26-27(32)33-17-34-28(26)36)18-6-8-19(9-7-18)35-29(39)22-14-21-24(4-3-5-25(21)38)37(30(22)40)20-10-12-42-13-11-20/h6-9,14-15,17,20,41H,3-5,10-13,16H2,1-2H3,(H,35,39)(H2,32,33,34). The predicted octanol–water partition coefficient (Wildman–Crippen LogP) is 3.74. The number of ether oxygens (including phenoxy) is 1. The smallest absolute Gasteiger partial charge is 0.263 e. The molecule has 4 heterocycles. The van der Waals surface area contributed by atoms with E-state index in [1.165, 1.54) is 12.4 Å². The molecule has 0 atom stereocenters. The fourth-order valence-electron chi connectivity index (χ4n) is 6.05. The third-order valence-corrected chi connectivity index (χ3v) is 7.95. The third-order valence-electron chi connectivity index (χ3n) is 7.95. The van der Waals surface area contributed by atoms with Crippen molar-refractivity contribution in [1.29, 1.82) is 0 Å². The van der Waals surface area contributed by atoms with Crippen LogP contribution in [0.15, 0.2) is 47.7 Å². The Balaban J connectivity index is 1.32. The number of hydrogen-bond acceptors (Lipinski definition) is 8. The summed E-state index contributed by atoms with van der Waals surface area (Å²) >= 11 is 0. The summed E-state index contributed by atoms with van der Waals surface area (Å²) in [6, 6.07) is 8.52. The zero-order valence-corrected chi connectivity index (χ0v) is 23.7. The maximum Gasteiger partial charge on any atom is 0.263 e. The van der Waals surface area contributed by atoms with Gasteiger partial charge in [0.05, 0.1) is 17.5 Å². The van der Waals surface area contributed by atoms with Gasteiger partial charge in [0.1, 0.15) is 23.4 Å². The van der Waals surface area contributed by atoms with Crippen LogP contribution in [0, 0.1) is 0 Å². The molecule has 0 bridgehead atoms. The zero-order chi connectivity index (χ0) is 29.6. The Morgan fingerprint density at radius 1 is 1.12 bits per heavy atom. The van der Waals surface area contributed by atoms with Gasteiger partial charge in [-0.05, 0) is 63.3 Å². The number of amides is 1. The number of benzene rings is 1. The van der Waals surface area contributed by atoms with Crippen LogP contribution in [-0.2, 0) is 17.7 Å². The number of nitrogens with one attached hydrogen (secondary N) is 1. The van der Waals surface area contributed by atoms with E-state index in [4.69, 9.17) is 10.5 Å². The lowest BCUT2D eigenvalue weighted by atomic mass is 9.91. The molecule has 0 unspecified atom stereocenters. The Kier molecular flexibility index (Phi) is 7.15. The molecule has 3 aromatic heterocycles. The Labute approximate surface area is 242 Å². The summed E-state index contributed by atoms with van der Waals surface area (Å²) in [5, 5.41) is 13.9. The number of carbonyl (C=O) groups excluding carboxylic acids is 2. The summed E-state index contributed by atoms with van der Waals surface area (Å²) in [6.07, 6.45) is 6.34. The van der Waals surface area contributed by atoms with E-state index in [1.807, 2.05) is 22.9 Å². The number of rotatable bonds is 6. The van der Waals surface area contributed by atoms with Crippen LogP contribution in [0.2, 0.25) is 0 Å². The van der Waals surface area contributed by atoms with Crippen molar-refractivity contribution in [2.45, 2.75) is 64.1 Å². The highest BCUT2D eigenvalue weighted by Crippen LogP contribution is 2.34. The monoisotopic (exact) mass is 570 g/mol. The number of hydrogen-bond donors (Lipinski definition) is 3. The Morgan fingerprint density at radius 3 is 2.57 bits per heavy atom. The Morgan fingerprint density at radius 2 is 1.86 bits per heavy atom. The van der Waals surface area contributed by atoms with E-state index in [9.17, 15) is 19.5 Å². The van der Waals surface area contributed by atoms with E-state index in [2.05, 4.69) is 15.3 Å². The molecule has 1 aliphatic heterocycles. The SMILES string of the molecule is CC(C)(O)Cn1cc(-c2ccc(NC(=O)c3cc4c(n(C5CCOCC5)c3=O)CCCC4=O)cc2)c2c(N)ncnc21. The lowest BCUT2D eigenvalue weighted by molar-refractivity contribution is 0.0626. The van der Waals surface area contributed by atoms with Crippen molar-refractivity contribution >= 4 is 34.2 Å². The predicted molar refractivity (Wildman–Crippen MR) is 159 cm³/mol. The lowest BCUT2D eigenvalue weighted by Gasteiger charge is -2.30. The van der Waals surface area contributed by atoms with Crippen molar-refractivity contribution in [3.05, 3.63) is 70.0 Å². The number of aromatic nitrogens is 4. The highest BCUT2D eigenvalue weighted by atomic mass is 16.5. The van der Waals surface area contributed by atoms with Gasteiger partial charge in [-0.15, -0.1) is 0 Å². The molecule has 4 N–H and O–H groups in total. The number of anilines is 2. The number of nitrogens with zero attached hydrogens (tertiary/aromatic N) is 4. The number of aliphatic hydroxyl groups is 1. The van der Waals surface area contributed by atoms with Crippen molar-refractivity contribution in [3.8, 4) is 11.1 Å². The molecule has 1 amide bonds. The van der Waals surface area contributed by atoms with Gasteiger partial charge in [0.15, 0.2) is 5.78 Å². The van der Waals surface area contributed by atoms with Gasteiger partial charge in [0, 0.05) is 54.4 Å². The maximum atomic E-state index is 13.7. The molecule has 11 nitrogen and oxygen atoms in total. The minimum absolute atomic E-state index is 0.0394. The topological polar surface area (TPSA) is 154 Å². The normalized spacial score (nSPS) is 16.0. The molecule has 1 aromatic carbocycles. The first-order chi connectivity index (χ1) is 20.1. The molecule has 6 rings (SSSR count). The Bertz CT molecular complexity index is 1740. The van der Waals surface area contributed by atoms with E-state index in [0.717, 1.165) is 16.8 Å². The average molecular weight is 571 g/mol. The fourth-order valence-corrected chi connectivity index (χ4v) is 6.05. The summed E-state index contributed by atoms with van der Waals surface area (Å²) in [4.78, 5) is 48.5. The van der Waals surface area contributed by atoms with E-state index >= 15 is 0 Å². The van der Waals surface area contributed by atoms with Crippen LogP contribution < -0.4 is 16.6 Å². The second kappa shape index (κ2) is 10.8. The second-order valence-corrected chi connectivity index (χ2v) is 11.7. The molecule has 0 saturated carbocycles. The molecule has 42 heavy (non-hydrogen) atoms. The molecule has 0 radical (unpaired) electrons. The number of Topliss-reactive ketones (excluding diaryl/α,β-unsaturated/α-hetero) is 1. The van der Waals surface area contributed by atoms with Gasteiger partial charge in [-0.3, -0.25) is 14.4 Å². The van der Waals surface area contributed by atoms with Gasteiger partial charge >= 0.3 is 0 Å². The number of nitrogen functional groups attached to an aromatic ring is 1. The van der Waals surface area contributed by atoms with Crippen molar-refractivity contribution in [2.24, 2.45) is 0 Å². The largest absolute Gasteiger partial charge is 0.389 e. The molecular weight excluding hydrogens is 536 g/mol. The van der Waals surface area contributed by atoms with Gasteiger partial charge < -0.3 is 30.0 Å². The minimum atomic E-state index is -0.971. The average Bonchev–Trinajstić information content (AvgIpc) is 3.32. The molecule has 2 aliphatic rings. The summed E-state index contributed by atoms with van der Waals surface area (Å²) in [5.74, 6) is -0.277. The molecule has 1 aliphatic carbocycles. The second-order valence-electron chi connectivity index (χ2n) is 11.7. The first kappa shape index (κ1) is 27.8. The van der Waals surface area contributed by atoms with Crippen molar-refractivity contribution in [3.63, 3.8) is 0 Å². The summed E-state index contributed by atoms with van der Waals surface area (Å²) < 4.78 is 9.02. The molecule has 1 saturated heterocycles. The molecule has 11 heteroatoms. The van der Waals surface area contributed by atoms with Crippen LogP contribution in [0.1, 0.15) is 72.0 Å². The van der Waals surface area contributed by atoms with Crippen LogP contribution >= 0.6 is 0 Å². The number of nitrogens with two attached hydrogens (primary N) is 1. The van der Waals surface area contributed by atoms with Gasteiger partial charge in [0.25, 0.3) is 11.5 Å².